The molecule has 12 nitrogen and oxygen atoms in total. The van der Waals surface area contributed by atoms with Gasteiger partial charge in [-0.2, -0.15) is 14.6 Å². The number of nitrogens with zero attached hydrogens (tertiary/aromatic N) is 7. The monoisotopic (exact) mass is 611 g/mol. The molecular weight excluding hydrogens is 584 g/mol. The fourth-order valence-electron chi connectivity index (χ4n) is 4.95. The maximum atomic E-state index is 12.7. The highest BCUT2D eigenvalue weighted by atomic mass is 19.2. The van der Waals surface area contributed by atoms with Crippen LogP contribution in [-0.4, -0.2) is 59.2 Å². The number of phenols is 1. The van der Waals surface area contributed by atoms with E-state index in [0.29, 0.717) is 17.5 Å². The number of nitrogen functional groups attached to an aromatic ring is 1. The van der Waals surface area contributed by atoms with Crippen LogP contribution >= 0.6 is 0 Å². The van der Waals surface area contributed by atoms with Crippen molar-refractivity contribution in [2.24, 2.45) is 5.73 Å². The third kappa shape index (κ3) is 5.86. The number of aromatic nitrogens is 7. The Labute approximate surface area is 255 Å². The van der Waals surface area contributed by atoms with Crippen LogP contribution in [-0.2, 0) is 12.8 Å². The molecule has 14 heteroatoms. The van der Waals surface area contributed by atoms with Gasteiger partial charge in [0, 0.05) is 11.9 Å². The topological polar surface area (TPSA) is 181 Å². The minimum atomic E-state index is -1.59. The molecule has 0 bridgehead atoms. The predicted octanol–water partition coefficient (Wildman–Crippen LogP) is 4.00. The number of aryl methyl sites for hydroxylation is 2. The van der Waals surface area contributed by atoms with E-state index in [4.69, 9.17) is 20.8 Å². The van der Waals surface area contributed by atoms with Gasteiger partial charge in [0.1, 0.15) is 11.3 Å². The van der Waals surface area contributed by atoms with Gasteiger partial charge in [0.05, 0.1) is 29.1 Å². The number of aromatic hydroxyl groups is 1. The molecule has 0 spiro atoms. The highest BCUT2D eigenvalue weighted by molar-refractivity contribution is 5.85. The van der Waals surface area contributed by atoms with Crippen molar-refractivity contribution < 1.29 is 23.5 Å². The number of imidazole rings is 1. The average Bonchev–Trinajstić information content (AvgIpc) is 3.85. The first-order valence-electron chi connectivity index (χ1n) is 13.7. The van der Waals surface area contributed by atoms with Crippen molar-refractivity contribution in [2.75, 3.05) is 12.8 Å². The van der Waals surface area contributed by atoms with E-state index >= 15 is 0 Å². The SMILES string of the molecule is CN.Nc1ncccc1-c1nc2ccc(-n3nccn3)nc2n1-c1ccc2c(c1)CCC2.O=Cc1cc(C=O)c(F)c(F)c1O. The van der Waals surface area contributed by atoms with Crippen molar-refractivity contribution in [3.8, 4) is 28.6 Å². The third-order valence-corrected chi connectivity index (χ3v) is 7.03. The number of pyridine rings is 2. The standard InChI is InChI=1S/C22H18N8.C8H4F2O3.CH5N/c23-20-17(5-2-10-24-20)21-27-18-8-9-19(30-25-11-12-26-30)28-22(18)29(21)16-7-6-14-3-1-4-15(14)13-16;9-6-4(2-11)1-5(3-12)8(13)7(6)10;1-2/h2,5-13H,1,3-4H2,(H2,23,24);1-3,13H;2H2,1H3. The summed E-state index contributed by atoms with van der Waals surface area (Å²) in [4.78, 5) is 35.8. The zero-order valence-corrected chi connectivity index (χ0v) is 23.9. The second-order valence-corrected chi connectivity index (χ2v) is 9.61. The molecule has 5 N–H and O–H groups in total. The van der Waals surface area contributed by atoms with Crippen LogP contribution in [0.5, 0.6) is 5.75 Å². The van der Waals surface area contributed by atoms with Gasteiger partial charge in [-0.25, -0.2) is 19.3 Å². The molecule has 6 aromatic rings. The molecular formula is C31H27F2N9O3. The first kappa shape index (κ1) is 30.6. The Kier molecular flexibility index (Phi) is 8.95. The maximum absolute atomic E-state index is 12.7. The van der Waals surface area contributed by atoms with Gasteiger partial charge in [-0.1, -0.05) is 6.07 Å². The van der Waals surface area contributed by atoms with E-state index in [1.807, 2.05) is 28.8 Å². The smallest absolute Gasteiger partial charge is 0.201 e. The van der Waals surface area contributed by atoms with Gasteiger partial charge in [0.25, 0.3) is 0 Å². The van der Waals surface area contributed by atoms with E-state index in [9.17, 15) is 18.4 Å². The summed E-state index contributed by atoms with van der Waals surface area (Å²) in [5.41, 5.74) is 15.7. The van der Waals surface area contributed by atoms with Crippen LogP contribution in [0.2, 0.25) is 0 Å². The van der Waals surface area contributed by atoms with Crippen LogP contribution in [0.4, 0.5) is 14.6 Å². The number of rotatable bonds is 5. The maximum Gasteiger partial charge on any atom is 0.201 e. The van der Waals surface area contributed by atoms with Gasteiger partial charge >= 0.3 is 0 Å². The van der Waals surface area contributed by atoms with Crippen molar-refractivity contribution in [3.63, 3.8) is 0 Å². The van der Waals surface area contributed by atoms with Crippen molar-refractivity contribution in [1.29, 1.82) is 0 Å². The molecule has 0 saturated heterocycles. The van der Waals surface area contributed by atoms with Gasteiger partial charge in [-0.05, 0) is 79.9 Å². The van der Waals surface area contributed by atoms with Gasteiger partial charge in [0.2, 0.25) is 5.82 Å². The Morgan fingerprint density at radius 3 is 2.31 bits per heavy atom. The van der Waals surface area contributed by atoms with Crippen molar-refractivity contribution in [3.05, 3.63) is 101 Å². The summed E-state index contributed by atoms with van der Waals surface area (Å²) in [7, 11) is 1.50. The Balaban J connectivity index is 0.000000226. The zero-order valence-electron chi connectivity index (χ0n) is 23.9. The molecule has 4 aromatic heterocycles. The third-order valence-electron chi connectivity index (χ3n) is 7.03. The lowest BCUT2D eigenvalue weighted by Gasteiger charge is -2.12. The Bertz CT molecular complexity index is 1980. The molecule has 0 unspecified atom stereocenters. The summed E-state index contributed by atoms with van der Waals surface area (Å²) in [6.07, 6.45) is 8.55. The number of hydrogen-bond acceptors (Lipinski definition) is 10. The number of anilines is 1. The van der Waals surface area contributed by atoms with Crippen LogP contribution in [0.3, 0.4) is 0 Å². The molecule has 0 radical (unpaired) electrons. The highest BCUT2D eigenvalue weighted by Crippen LogP contribution is 2.33. The van der Waals surface area contributed by atoms with Gasteiger partial charge in [-0.3, -0.25) is 14.2 Å². The normalized spacial score (nSPS) is 11.6. The summed E-state index contributed by atoms with van der Waals surface area (Å²) in [6.45, 7) is 0. The number of carbonyl (C=O) groups excluding carboxylic acids is 2. The molecule has 0 atom stereocenters. The van der Waals surface area contributed by atoms with Crippen LogP contribution in [0.15, 0.2) is 67.1 Å². The molecule has 1 aliphatic rings. The number of fused-ring (bicyclic) bond motifs is 2. The Morgan fingerprint density at radius 2 is 1.60 bits per heavy atom. The van der Waals surface area contributed by atoms with Crippen molar-refractivity contribution in [2.45, 2.75) is 19.3 Å². The van der Waals surface area contributed by atoms with E-state index in [2.05, 4.69) is 39.1 Å². The summed E-state index contributed by atoms with van der Waals surface area (Å²) < 4.78 is 27.4. The van der Waals surface area contributed by atoms with Crippen LogP contribution in [0, 0.1) is 11.6 Å². The van der Waals surface area contributed by atoms with Gasteiger partial charge in [0.15, 0.2) is 41.4 Å². The fraction of sp³-hybridized carbons (Fsp3) is 0.129. The molecule has 228 valence electrons. The van der Waals surface area contributed by atoms with Crippen molar-refractivity contribution >= 4 is 29.6 Å². The second kappa shape index (κ2) is 13.2. The van der Waals surface area contributed by atoms with Crippen molar-refractivity contribution in [1.82, 2.24) is 34.5 Å². The summed E-state index contributed by atoms with van der Waals surface area (Å²) >= 11 is 0. The molecule has 7 rings (SSSR count). The minimum Gasteiger partial charge on any atom is -0.504 e. The molecule has 45 heavy (non-hydrogen) atoms. The number of carbonyl (C=O) groups is 2. The van der Waals surface area contributed by atoms with E-state index < -0.39 is 28.5 Å². The lowest BCUT2D eigenvalue weighted by atomic mass is 10.1. The number of phenolic OH excluding ortho intramolecular Hbond substituents is 1. The van der Waals surface area contributed by atoms with Gasteiger partial charge in [-0.15, -0.1) is 4.80 Å². The number of aldehydes is 2. The zero-order chi connectivity index (χ0) is 32.1. The Hall–Kier alpha value is -5.89. The predicted molar refractivity (Wildman–Crippen MR) is 162 cm³/mol. The summed E-state index contributed by atoms with van der Waals surface area (Å²) in [6, 6.07) is 14.9. The number of halogens is 2. The van der Waals surface area contributed by atoms with Crippen LogP contribution in [0.25, 0.3) is 34.1 Å². The number of nitrogens with two attached hydrogens (primary N) is 2. The molecule has 0 fully saturated rings. The minimum absolute atomic E-state index is 0.0604. The van der Waals surface area contributed by atoms with Crippen LogP contribution in [0.1, 0.15) is 38.3 Å². The molecule has 4 heterocycles. The van der Waals surface area contributed by atoms with Gasteiger partial charge < -0.3 is 16.6 Å². The summed E-state index contributed by atoms with van der Waals surface area (Å²) in [5.74, 6) is -2.36. The first-order chi connectivity index (χ1) is 21.9. The first-order valence-corrected chi connectivity index (χ1v) is 13.7. The molecule has 2 aromatic carbocycles. The molecule has 0 amide bonds. The van der Waals surface area contributed by atoms with E-state index in [1.54, 1.807) is 18.6 Å². The summed E-state index contributed by atoms with van der Waals surface area (Å²) in [5, 5.41) is 17.2. The van der Waals surface area contributed by atoms with Crippen LogP contribution < -0.4 is 11.5 Å². The largest absolute Gasteiger partial charge is 0.504 e. The quantitative estimate of drug-likeness (QED) is 0.241. The van der Waals surface area contributed by atoms with E-state index in [1.165, 1.54) is 29.4 Å². The Morgan fingerprint density at radius 1 is 0.867 bits per heavy atom. The van der Waals surface area contributed by atoms with E-state index in [-0.39, 0.29) is 12.6 Å². The molecule has 0 saturated carbocycles. The fourth-order valence-corrected chi connectivity index (χ4v) is 4.95. The molecule has 0 aliphatic heterocycles. The molecule has 1 aliphatic carbocycles. The average molecular weight is 612 g/mol. The lowest BCUT2D eigenvalue weighted by molar-refractivity contribution is 0.111. The number of hydrogen-bond donors (Lipinski definition) is 3. The van der Waals surface area contributed by atoms with E-state index in [0.717, 1.165) is 41.3 Å². The highest BCUT2D eigenvalue weighted by Gasteiger charge is 2.21. The lowest BCUT2D eigenvalue weighted by Crippen LogP contribution is -2.05. The number of benzene rings is 2. The second-order valence-electron chi connectivity index (χ2n) is 9.61.